The third-order valence-electron chi connectivity index (χ3n) is 1.84. The van der Waals surface area contributed by atoms with Crippen LogP contribution in [0.2, 0.25) is 0 Å². The van der Waals surface area contributed by atoms with E-state index in [0.717, 1.165) is 12.8 Å². The molecule has 0 aliphatic rings. The van der Waals surface area contributed by atoms with E-state index in [1.807, 2.05) is 0 Å². The Morgan fingerprint density at radius 3 is 1.27 bits per heavy atom. The van der Waals surface area contributed by atoms with Gasteiger partial charge in [0, 0.05) is 0 Å². The third-order valence-corrected chi connectivity index (χ3v) is 1.84. The zero-order chi connectivity index (χ0) is 7.40. The molecule has 1 rings (SSSR count). The van der Waals surface area contributed by atoms with Crippen molar-refractivity contribution in [2.45, 2.75) is 26.7 Å². The minimum Gasteiger partial charge on any atom is -0.344 e. The molecular formula is C10H17N. The summed E-state index contributed by atoms with van der Waals surface area (Å²) in [6, 6.07) is 8.83. The Hall–Kier alpha value is -0.820. The highest BCUT2D eigenvalue weighted by atomic mass is 14.0. The van der Waals surface area contributed by atoms with Crippen LogP contribution in [-0.2, 0) is 12.8 Å². The van der Waals surface area contributed by atoms with Crippen molar-refractivity contribution in [3.63, 3.8) is 0 Å². The summed E-state index contributed by atoms with van der Waals surface area (Å²) < 4.78 is 0. The minimum atomic E-state index is 0. The van der Waals surface area contributed by atoms with Crippen molar-refractivity contribution in [3.05, 3.63) is 35.4 Å². The molecule has 1 aromatic rings. The molecule has 0 spiro atoms. The lowest BCUT2D eigenvalue weighted by Crippen LogP contribution is -1.81. The van der Waals surface area contributed by atoms with Gasteiger partial charge in [-0.3, -0.25) is 0 Å². The van der Waals surface area contributed by atoms with E-state index < -0.39 is 0 Å². The summed E-state index contributed by atoms with van der Waals surface area (Å²) in [6.45, 7) is 4.36. The summed E-state index contributed by atoms with van der Waals surface area (Å²) in [5, 5.41) is 0. The Labute approximate surface area is 69.0 Å². The topological polar surface area (TPSA) is 35.0 Å². The Bertz CT molecular complexity index is 166. The van der Waals surface area contributed by atoms with Gasteiger partial charge in [-0.2, -0.15) is 0 Å². The highest BCUT2D eigenvalue weighted by molar-refractivity contribution is 5.22. The molecule has 1 nitrogen and oxygen atoms in total. The van der Waals surface area contributed by atoms with E-state index >= 15 is 0 Å². The molecule has 0 aliphatic carbocycles. The first kappa shape index (κ1) is 10.2. The Kier molecular flexibility index (Phi) is 4.55. The number of hydrogen-bond acceptors (Lipinski definition) is 1. The molecule has 62 valence electrons. The second-order valence-electron chi connectivity index (χ2n) is 2.52. The van der Waals surface area contributed by atoms with Crippen LogP contribution in [0.1, 0.15) is 25.0 Å². The smallest absolute Gasteiger partial charge is 0.0307 e. The van der Waals surface area contributed by atoms with Crippen LogP contribution in [0.25, 0.3) is 0 Å². The molecule has 0 amide bonds. The molecule has 0 unspecified atom stereocenters. The van der Waals surface area contributed by atoms with Crippen molar-refractivity contribution in [1.82, 2.24) is 6.15 Å². The molecule has 0 fully saturated rings. The summed E-state index contributed by atoms with van der Waals surface area (Å²) >= 11 is 0. The van der Waals surface area contributed by atoms with Crippen LogP contribution in [0.15, 0.2) is 24.3 Å². The van der Waals surface area contributed by atoms with Crippen LogP contribution in [0.3, 0.4) is 0 Å². The van der Waals surface area contributed by atoms with Gasteiger partial charge in [0.1, 0.15) is 0 Å². The standard InChI is InChI=1S/C10H14.H3N/c1-3-9-5-7-10(4-2)8-6-9;/h5-8H,3-4H2,1-2H3;1H3. The van der Waals surface area contributed by atoms with Crippen LogP contribution < -0.4 is 6.15 Å². The van der Waals surface area contributed by atoms with Crippen LogP contribution in [0.4, 0.5) is 0 Å². The molecule has 1 heteroatoms. The average Bonchev–Trinajstić information content (AvgIpc) is 2.05. The summed E-state index contributed by atoms with van der Waals surface area (Å²) in [7, 11) is 0. The number of rotatable bonds is 2. The van der Waals surface area contributed by atoms with Gasteiger partial charge in [0.15, 0.2) is 0 Å². The molecule has 0 bridgehead atoms. The van der Waals surface area contributed by atoms with E-state index in [2.05, 4.69) is 38.1 Å². The lowest BCUT2D eigenvalue weighted by atomic mass is 10.1. The van der Waals surface area contributed by atoms with Gasteiger partial charge in [0.05, 0.1) is 0 Å². The Morgan fingerprint density at radius 1 is 0.818 bits per heavy atom. The number of hydrogen-bond donors (Lipinski definition) is 1. The zero-order valence-electron chi connectivity index (χ0n) is 7.43. The summed E-state index contributed by atoms with van der Waals surface area (Å²) in [5.41, 5.74) is 2.86. The van der Waals surface area contributed by atoms with Crippen molar-refractivity contribution >= 4 is 0 Å². The van der Waals surface area contributed by atoms with E-state index in [9.17, 15) is 0 Å². The van der Waals surface area contributed by atoms with Crippen molar-refractivity contribution in [2.24, 2.45) is 0 Å². The van der Waals surface area contributed by atoms with Crippen molar-refractivity contribution < 1.29 is 0 Å². The first-order chi connectivity index (χ1) is 4.86. The highest BCUT2D eigenvalue weighted by Gasteiger charge is 1.88. The molecular weight excluding hydrogens is 134 g/mol. The molecule has 1 aromatic carbocycles. The maximum Gasteiger partial charge on any atom is -0.0307 e. The summed E-state index contributed by atoms with van der Waals surface area (Å²) in [4.78, 5) is 0. The SMILES string of the molecule is CCc1ccc(CC)cc1.N. The van der Waals surface area contributed by atoms with E-state index in [1.165, 1.54) is 11.1 Å². The van der Waals surface area contributed by atoms with Gasteiger partial charge >= 0.3 is 0 Å². The molecule has 0 saturated carbocycles. The van der Waals surface area contributed by atoms with Gasteiger partial charge in [-0.25, -0.2) is 0 Å². The molecule has 0 radical (unpaired) electrons. The van der Waals surface area contributed by atoms with Crippen molar-refractivity contribution in [1.29, 1.82) is 0 Å². The molecule has 0 saturated heterocycles. The summed E-state index contributed by atoms with van der Waals surface area (Å²) in [5.74, 6) is 0. The van der Waals surface area contributed by atoms with Gasteiger partial charge in [-0.15, -0.1) is 0 Å². The van der Waals surface area contributed by atoms with E-state index in [-0.39, 0.29) is 6.15 Å². The lowest BCUT2D eigenvalue weighted by molar-refractivity contribution is 1.10. The van der Waals surface area contributed by atoms with Crippen molar-refractivity contribution in [3.8, 4) is 0 Å². The monoisotopic (exact) mass is 151 g/mol. The molecule has 0 aromatic heterocycles. The van der Waals surface area contributed by atoms with E-state index in [4.69, 9.17) is 0 Å². The van der Waals surface area contributed by atoms with Gasteiger partial charge < -0.3 is 6.15 Å². The molecule has 11 heavy (non-hydrogen) atoms. The normalized spacial score (nSPS) is 8.91. The number of benzene rings is 1. The second-order valence-corrected chi connectivity index (χ2v) is 2.52. The fraction of sp³-hybridized carbons (Fsp3) is 0.400. The van der Waals surface area contributed by atoms with Crippen LogP contribution in [0.5, 0.6) is 0 Å². The van der Waals surface area contributed by atoms with Gasteiger partial charge in [-0.05, 0) is 24.0 Å². The van der Waals surface area contributed by atoms with Crippen LogP contribution in [0, 0.1) is 0 Å². The van der Waals surface area contributed by atoms with E-state index in [1.54, 1.807) is 0 Å². The van der Waals surface area contributed by atoms with Gasteiger partial charge in [-0.1, -0.05) is 38.1 Å². The lowest BCUT2D eigenvalue weighted by Gasteiger charge is -1.97. The van der Waals surface area contributed by atoms with Crippen LogP contribution >= 0.6 is 0 Å². The highest BCUT2D eigenvalue weighted by Crippen LogP contribution is 2.04. The molecule has 0 aliphatic heterocycles. The maximum atomic E-state index is 2.21. The van der Waals surface area contributed by atoms with Gasteiger partial charge in [0.2, 0.25) is 0 Å². The molecule has 0 heterocycles. The van der Waals surface area contributed by atoms with Gasteiger partial charge in [0.25, 0.3) is 0 Å². The number of aryl methyl sites for hydroxylation is 2. The minimum absolute atomic E-state index is 0. The first-order valence-corrected chi connectivity index (χ1v) is 3.94. The van der Waals surface area contributed by atoms with Crippen molar-refractivity contribution in [2.75, 3.05) is 0 Å². The summed E-state index contributed by atoms with van der Waals surface area (Å²) in [6.07, 6.45) is 2.29. The first-order valence-electron chi connectivity index (χ1n) is 3.94. The quantitative estimate of drug-likeness (QED) is 0.692. The third kappa shape index (κ3) is 2.72. The molecule has 0 atom stereocenters. The zero-order valence-corrected chi connectivity index (χ0v) is 7.43. The largest absolute Gasteiger partial charge is 0.344 e. The molecule has 3 N–H and O–H groups in total. The Balaban J connectivity index is 0.000001000. The second kappa shape index (κ2) is 4.91. The predicted molar refractivity (Wildman–Crippen MR) is 50.2 cm³/mol. The van der Waals surface area contributed by atoms with Crippen LogP contribution in [-0.4, -0.2) is 0 Å². The fourth-order valence-corrected chi connectivity index (χ4v) is 1.01. The van der Waals surface area contributed by atoms with E-state index in [0.29, 0.717) is 0 Å². The average molecular weight is 151 g/mol. The fourth-order valence-electron chi connectivity index (χ4n) is 1.01. The predicted octanol–water partition coefficient (Wildman–Crippen LogP) is 2.97. The maximum absolute atomic E-state index is 2.21. The Morgan fingerprint density at radius 2 is 1.09 bits per heavy atom.